The van der Waals surface area contributed by atoms with Crippen LogP contribution in [0.3, 0.4) is 0 Å². The Labute approximate surface area is 291 Å². The second-order valence-corrected chi connectivity index (χ2v) is 12.9. The minimum atomic E-state index is -0.00788. The molecule has 4 heterocycles. The number of amides is 1. The van der Waals surface area contributed by atoms with Gasteiger partial charge in [0, 0.05) is 68.3 Å². The normalized spacial score (nSPS) is 11.3. The number of hydrogen-bond acceptors (Lipinski definition) is 7. The fourth-order valence-electron chi connectivity index (χ4n) is 5.90. The molecule has 1 amide bonds. The molecule has 0 unspecified atom stereocenters. The average Bonchev–Trinajstić information content (AvgIpc) is 3.11. The van der Waals surface area contributed by atoms with Crippen LogP contribution in [0.4, 0.5) is 0 Å². The van der Waals surface area contributed by atoms with Gasteiger partial charge in [-0.15, -0.1) is 0 Å². The van der Waals surface area contributed by atoms with E-state index in [0.717, 1.165) is 60.6 Å². The van der Waals surface area contributed by atoms with Gasteiger partial charge < -0.3 is 10.1 Å². The Morgan fingerprint density at radius 2 is 1.18 bits per heavy atom. The number of rotatable bonds is 19. The zero-order valence-corrected chi connectivity index (χ0v) is 28.7. The largest absolute Gasteiger partial charge is 0.494 e. The van der Waals surface area contributed by atoms with E-state index in [9.17, 15) is 4.79 Å². The van der Waals surface area contributed by atoms with Crippen molar-refractivity contribution < 1.29 is 9.53 Å². The SMILES string of the molecule is CC(C)C(=O)NCCCCOc1cc(CC(Cc2ccccn2)Cc2ccccn2)cc(CN(Cc2ccccn2)Cc2ccccn2)c1. The number of benzene rings is 1. The first kappa shape index (κ1) is 35.4. The van der Waals surface area contributed by atoms with Crippen LogP contribution in [0.15, 0.2) is 116 Å². The molecule has 0 radical (unpaired) electrons. The molecule has 254 valence electrons. The van der Waals surface area contributed by atoms with Crippen LogP contribution in [0.5, 0.6) is 5.75 Å². The van der Waals surface area contributed by atoms with Crippen molar-refractivity contribution in [3.8, 4) is 5.75 Å². The molecule has 5 rings (SSSR count). The lowest BCUT2D eigenvalue weighted by Gasteiger charge is -2.23. The maximum atomic E-state index is 11.9. The van der Waals surface area contributed by atoms with Crippen LogP contribution >= 0.6 is 0 Å². The summed E-state index contributed by atoms with van der Waals surface area (Å²) >= 11 is 0. The van der Waals surface area contributed by atoms with E-state index < -0.39 is 0 Å². The summed E-state index contributed by atoms with van der Waals surface area (Å²) in [6.45, 7) is 7.16. The number of hydrogen-bond donors (Lipinski definition) is 1. The summed E-state index contributed by atoms with van der Waals surface area (Å²) in [6, 6.07) is 31.0. The van der Waals surface area contributed by atoms with E-state index in [-0.39, 0.29) is 11.8 Å². The van der Waals surface area contributed by atoms with Gasteiger partial charge in [-0.1, -0.05) is 44.2 Å². The lowest BCUT2D eigenvalue weighted by molar-refractivity contribution is -0.123. The highest BCUT2D eigenvalue weighted by atomic mass is 16.5. The molecular formula is C41H48N6O2. The van der Waals surface area contributed by atoms with Gasteiger partial charge in [0.2, 0.25) is 5.91 Å². The molecular weight excluding hydrogens is 608 g/mol. The number of carbonyl (C=O) groups excluding carboxylic acids is 1. The van der Waals surface area contributed by atoms with Gasteiger partial charge in [-0.3, -0.25) is 29.6 Å². The molecule has 0 spiro atoms. The van der Waals surface area contributed by atoms with E-state index in [1.165, 1.54) is 11.1 Å². The minimum Gasteiger partial charge on any atom is -0.494 e. The third kappa shape index (κ3) is 12.5. The molecule has 5 aromatic rings. The zero-order chi connectivity index (χ0) is 34.1. The molecule has 4 aromatic heterocycles. The quantitative estimate of drug-likeness (QED) is 0.0953. The number of ether oxygens (including phenoxy) is 1. The number of pyridine rings is 4. The summed E-state index contributed by atoms with van der Waals surface area (Å²) in [5, 5.41) is 3.00. The van der Waals surface area contributed by atoms with Crippen molar-refractivity contribution in [2.45, 2.75) is 65.6 Å². The van der Waals surface area contributed by atoms with Crippen LogP contribution in [0.1, 0.15) is 60.6 Å². The van der Waals surface area contributed by atoms with Crippen LogP contribution in [-0.4, -0.2) is 43.9 Å². The molecule has 0 atom stereocenters. The predicted octanol–water partition coefficient (Wildman–Crippen LogP) is 7.04. The first-order valence-corrected chi connectivity index (χ1v) is 17.4. The van der Waals surface area contributed by atoms with Crippen LogP contribution in [0, 0.1) is 11.8 Å². The van der Waals surface area contributed by atoms with Gasteiger partial charge in [-0.05, 0) is 110 Å². The van der Waals surface area contributed by atoms with Crippen molar-refractivity contribution in [2.24, 2.45) is 11.8 Å². The number of nitrogens with one attached hydrogen (secondary N) is 1. The summed E-state index contributed by atoms with van der Waals surface area (Å²) < 4.78 is 6.40. The molecule has 0 aliphatic rings. The molecule has 0 saturated heterocycles. The molecule has 0 bridgehead atoms. The molecule has 1 N–H and O–H groups in total. The first-order chi connectivity index (χ1) is 24.0. The maximum absolute atomic E-state index is 11.9. The van der Waals surface area contributed by atoms with Gasteiger partial charge >= 0.3 is 0 Å². The Balaban J connectivity index is 1.37. The van der Waals surface area contributed by atoms with Crippen LogP contribution in [0.25, 0.3) is 0 Å². The van der Waals surface area contributed by atoms with E-state index in [1.54, 1.807) is 0 Å². The lowest BCUT2D eigenvalue weighted by Crippen LogP contribution is -2.28. The van der Waals surface area contributed by atoms with E-state index >= 15 is 0 Å². The predicted molar refractivity (Wildman–Crippen MR) is 194 cm³/mol. The Hall–Kier alpha value is -4.95. The molecule has 0 aliphatic carbocycles. The molecule has 0 aliphatic heterocycles. The monoisotopic (exact) mass is 656 g/mol. The van der Waals surface area contributed by atoms with Crippen LogP contribution in [0.2, 0.25) is 0 Å². The number of carbonyl (C=O) groups is 1. The summed E-state index contributed by atoms with van der Waals surface area (Å²) in [5.74, 6) is 1.25. The summed E-state index contributed by atoms with van der Waals surface area (Å²) in [4.78, 5) is 32.9. The molecule has 8 heteroatoms. The second-order valence-electron chi connectivity index (χ2n) is 12.9. The third-order valence-corrected chi connectivity index (χ3v) is 8.29. The molecule has 0 fully saturated rings. The van der Waals surface area contributed by atoms with Gasteiger partial charge in [0.1, 0.15) is 5.75 Å². The first-order valence-electron chi connectivity index (χ1n) is 17.4. The van der Waals surface area contributed by atoms with Crippen LogP contribution < -0.4 is 10.1 Å². The topological polar surface area (TPSA) is 93.1 Å². The standard InChI is InChI=1S/C41H48N6O2/c1-32(2)41(48)46-21-11-12-22-49-40-27-33(23-34(25-36-13-3-7-17-42-36)26-37-14-4-8-18-43-37)24-35(28-40)29-47(30-38-15-5-9-19-44-38)31-39-16-6-10-20-45-39/h3-10,13-20,24,27-28,32,34H,11-12,21-23,25-26,29-31H2,1-2H3,(H,46,48). The number of unbranched alkanes of at least 4 members (excludes halogenated alkanes) is 1. The highest BCUT2D eigenvalue weighted by molar-refractivity contribution is 5.77. The Morgan fingerprint density at radius 3 is 1.69 bits per heavy atom. The van der Waals surface area contributed by atoms with Gasteiger partial charge in [0.25, 0.3) is 0 Å². The van der Waals surface area contributed by atoms with Gasteiger partial charge in [-0.2, -0.15) is 0 Å². The second kappa shape index (κ2) is 19.1. The molecule has 49 heavy (non-hydrogen) atoms. The third-order valence-electron chi connectivity index (χ3n) is 8.29. The fourth-order valence-corrected chi connectivity index (χ4v) is 5.90. The maximum Gasteiger partial charge on any atom is 0.222 e. The van der Waals surface area contributed by atoms with Crippen molar-refractivity contribution in [3.05, 3.63) is 150 Å². The van der Waals surface area contributed by atoms with Crippen molar-refractivity contribution in [1.82, 2.24) is 30.2 Å². The van der Waals surface area contributed by atoms with Gasteiger partial charge in [0.05, 0.1) is 18.0 Å². The minimum absolute atomic E-state index is 0.00788. The van der Waals surface area contributed by atoms with E-state index in [4.69, 9.17) is 4.74 Å². The van der Waals surface area contributed by atoms with E-state index in [2.05, 4.69) is 84.7 Å². The Kier molecular flexibility index (Phi) is 13.8. The fraction of sp³-hybridized carbons (Fsp3) is 0.341. The van der Waals surface area contributed by atoms with Crippen molar-refractivity contribution in [2.75, 3.05) is 13.2 Å². The Morgan fingerprint density at radius 1 is 0.653 bits per heavy atom. The molecule has 8 nitrogen and oxygen atoms in total. The highest BCUT2D eigenvalue weighted by Gasteiger charge is 2.17. The van der Waals surface area contributed by atoms with Crippen molar-refractivity contribution >= 4 is 5.91 Å². The van der Waals surface area contributed by atoms with E-state index in [0.29, 0.717) is 38.7 Å². The summed E-state index contributed by atoms with van der Waals surface area (Å²) in [5.41, 5.74) is 6.60. The zero-order valence-electron chi connectivity index (χ0n) is 28.7. The van der Waals surface area contributed by atoms with Gasteiger partial charge in [0.15, 0.2) is 0 Å². The van der Waals surface area contributed by atoms with E-state index in [1.807, 2.05) is 75.0 Å². The van der Waals surface area contributed by atoms with Gasteiger partial charge in [-0.25, -0.2) is 0 Å². The molecule has 1 aromatic carbocycles. The average molecular weight is 657 g/mol. The van der Waals surface area contributed by atoms with Crippen molar-refractivity contribution in [3.63, 3.8) is 0 Å². The number of aromatic nitrogens is 4. The smallest absolute Gasteiger partial charge is 0.222 e. The summed E-state index contributed by atoms with van der Waals surface area (Å²) in [6.07, 6.45) is 11.7. The Bertz CT molecular complexity index is 1480. The highest BCUT2D eigenvalue weighted by Crippen LogP contribution is 2.25. The van der Waals surface area contributed by atoms with Crippen molar-refractivity contribution in [1.29, 1.82) is 0 Å². The summed E-state index contributed by atoms with van der Waals surface area (Å²) in [7, 11) is 0. The number of nitrogens with zero attached hydrogens (tertiary/aromatic N) is 5. The van der Waals surface area contributed by atoms with Crippen LogP contribution in [-0.2, 0) is 43.7 Å². The lowest BCUT2D eigenvalue weighted by atomic mass is 9.89. The molecule has 0 saturated carbocycles.